The molecule has 2 aromatic rings. The Bertz CT molecular complexity index is 628. The fourth-order valence-electron chi connectivity index (χ4n) is 2.65. The summed E-state index contributed by atoms with van der Waals surface area (Å²) in [6.07, 6.45) is 0.571. The van der Waals surface area contributed by atoms with Gasteiger partial charge in [-0.2, -0.15) is 0 Å². The minimum atomic E-state index is -0.375. The highest BCUT2D eigenvalue weighted by Gasteiger charge is 2.32. The quantitative estimate of drug-likeness (QED) is 0.906. The van der Waals surface area contributed by atoms with E-state index >= 15 is 0 Å². The van der Waals surface area contributed by atoms with Gasteiger partial charge in [0.1, 0.15) is 6.04 Å². The lowest BCUT2D eigenvalue weighted by atomic mass is 10.0. The van der Waals surface area contributed by atoms with Crippen molar-refractivity contribution in [3.05, 3.63) is 60.2 Å². The monoisotopic (exact) mass is 282 g/mol. The second-order valence-electron chi connectivity index (χ2n) is 5.07. The molecule has 108 valence electrons. The van der Waals surface area contributed by atoms with Gasteiger partial charge in [-0.3, -0.25) is 4.79 Å². The number of aliphatic hydroxyl groups excluding tert-OH is 1. The third kappa shape index (κ3) is 2.62. The van der Waals surface area contributed by atoms with Gasteiger partial charge < -0.3 is 15.3 Å². The average molecular weight is 282 g/mol. The summed E-state index contributed by atoms with van der Waals surface area (Å²) in [7, 11) is 0. The van der Waals surface area contributed by atoms with Gasteiger partial charge in [0.15, 0.2) is 0 Å². The van der Waals surface area contributed by atoms with Gasteiger partial charge in [0.25, 0.3) is 5.91 Å². The molecule has 0 aromatic heterocycles. The number of carbonyl (C=O) groups is 1. The van der Waals surface area contributed by atoms with Gasteiger partial charge in [0.2, 0.25) is 0 Å². The maximum absolute atomic E-state index is 12.8. The van der Waals surface area contributed by atoms with E-state index < -0.39 is 0 Å². The highest BCUT2D eigenvalue weighted by atomic mass is 16.3. The van der Waals surface area contributed by atoms with Gasteiger partial charge in [0, 0.05) is 13.2 Å². The Morgan fingerprint density at radius 2 is 1.76 bits per heavy atom. The summed E-state index contributed by atoms with van der Waals surface area (Å²) in [5.41, 5.74) is 2.78. The van der Waals surface area contributed by atoms with Crippen LogP contribution in [0.1, 0.15) is 18.0 Å². The Labute approximate surface area is 124 Å². The molecule has 4 nitrogen and oxygen atoms in total. The first-order valence-corrected chi connectivity index (χ1v) is 7.14. The average Bonchev–Trinajstić information content (AvgIpc) is 2.54. The second-order valence-corrected chi connectivity index (χ2v) is 5.07. The summed E-state index contributed by atoms with van der Waals surface area (Å²) in [6, 6.07) is 17.1. The Morgan fingerprint density at radius 1 is 1.05 bits per heavy atom. The Balaban J connectivity index is 1.98. The minimum Gasteiger partial charge on any atom is -0.396 e. The number of carbonyl (C=O) groups excluding carboxylic acids is 1. The molecule has 0 saturated carbocycles. The van der Waals surface area contributed by atoms with E-state index in [1.165, 1.54) is 0 Å². The summed E-state index contributed by atoms with van der Waals surface area (Å²) in [5, 5.41) is 12.4. The Hall–Kier alpha value is -2.33. The van der Waals surface area contributed by atoms with E-state index in [1.807, 2.05) is 54.6 Å². The van der Waals surface area contributed by atoms with Crippen LogP contribution in [0.5, 0.6) is 0 Å². The number of aliphatic hydroxyl groups is 1. The molecule has 1 aliphatic rings. The molecule has 1 atom stereocenters. The van der Waals surface area contributed by atoms with Crippen LogP contribution in [0.2, 0.25) is 0 Å². The molecule has 0 fully saturated rings. The lowest BCUT2D eigenvalue weighted by molar-refractivity contribution is -0.119. The summed E-state index contributed by atoms with van der Waals surface area (Å²) < 4.78 is 0. The number of hydrogen-bond donors (Lipinski definition) is 2. The number of nitrogens with one attached hydrogen (secondary N) is 1. The third-order valence-corrected chi connectivity index (χ3v) is 3.68. The van der Waals surface area contributed by atoms with Crippen molar-refractivity contribution in [1.29, 1.82) is 0 Å². The van der Waals surface area contributed by atoms with Crippen LogP contribution in [-0.2, 0) is 4.79 Å². The molecule has 1 aliphatic heterocycles. The van der Waals surface area contributed by atoms with E-state index in [2.05, 4.69) is 5.32 Å². The molecule has 0 spiro atoms. The smallest absolute Gasteiger partial charge is 0.254 e. The Morgan fingerprint density at radius 3 is 2.52 bits per heavy atom. The van der Waals surface area contributed by atoms with Crippen molar-refractivity contribution in [1.82, 2.24) is 0 Å². The number of fused-ring (bicyclic) bond motifs is 1. The van der Waals surface area contributed by atoms with Crippen molar-refractivity contribution >= 4 is 17.3 Å². The van der Waals surface area contributed by atoms with Gasteiger partial charge in [-0.1, -0.05) is 42.5 Å². The van der Waals surface area contributed by atoms with Crippen LogP contribution in [0.3, 0.4) is 0 Å². The van der Waals surface area contributed by atoms with E-state index in [9.17, 15) is 4.79 Å². The molecule has 21 heavy (non-hydrogen) atoms. The van der Waals surface area contributed by atoms with E-state index in [1.54, 1.807) is 4.90 Å². The predicted molar refractivity (Wildman–Crippen MR) is 83.3 cm³/mol. The molecular weight excluding hydrogens is 264 g/mol. The van der Waals surface area contributed by atoms with E-state index in [0.29, 0.717) is 13.0 Å². The first-order valence-electron chi connectivity index (χ1n) is 7.14. The number of benzene rings is 2. The highest BCUT2D eigenvalue weighted by molar-refractivity contribution is 6.05. The van der Waals surface area contributed by atoms with Gasteiger partial charge in [0.05, 0.1) is 11.4 Å². The van der Waals surface area contributed by atoms with Crippen LogP contribution in [0.25, 0.3) is 0 Å². The molecule has 2 N–H and O–H groups in total. The largest absolute Gasteiger partial charge is 0.396 e. The van der Waals surface area contributed by atoms with Crippen molar-refractivity contribution in [2.24, 2.45) is 0 Å². The van der Waals surface area contributed by atoms with Gasteiger partial charge >= 0.3 is 0 Å². The predicted octanol–water partition coefficient (Wildman–Crippen LogP) is 2.57. The number of para-hydroxylation sites is 2. The first-order chi connectivity index (χ1) is 10.3. The van der Waals surface area contributed by atoms with E-state index in [0.717, 1.165) is 16.9 Å². The Kier molecular flexibility index (Phi) is 3.88. The molecule has 1 unspecified atom stereocenters. The van der Waals surface area contributed by atoms with Gasteiger partial charge in [-0.05, 0) is 24.1 Å². The number of amides is 1. The fourth-order valence-corrected chi connectivity index (χ4v) is 2.65. The molecule has 4 heteroatoms. The van der Waals surface area contributed by atoms with Crippen molar-refractivity contribution in [3.8, 4) is 0 Å². The van der Waals surface area contributed by atoms with Crippen molar-refractivity contribution in [2.45, 2.75) is 12.5 Å². The normalized spacial score (nSPS) is 17.3. The maximum Gasteiger partial charge on any atom is 0.254 e. The summed E-state index contributed by atoms with van der Waals surface area (Å²) >= 11 is 0. The summed E-state index contributed by atoms with van der Waals surface area (Å²) in [5.74, 6) is 0.0216. The lowest BCUT2D eigenvalue weighted by Gasteiger charge is -2.35. The zero-order valence-electron chi connectivity index (χ0n) is 11.7. The number of nitrogens with zero attached hydrogens (tertiary/aromatic N) is 1. The van der Waals surface area contributed by atoms with E-state index in [4.69, 9.17) is 5.11 Å². The van der Waals surface area contributed by atoms with Gasteiger partial charge in [-0.15, -0.1) is 0 Å². The third-order valence-electron chi connectivity index (χ3n) is 3.68. The summed E-state index contributed by atoms with van der Waals surface area (Å²) in [4.78, 5) is 14.5. The number of anilines is 2. The van der Waals surface area contributed by atoms with Crippen molar-refractivity contribution in [3.63, 3.8) is 0 Å². The topological polar surface area (TPSA) is 52.6 Å². The molecule has 0 aliphatic carbocycles. The van der Waals surface area contributed by atoms with Crippen LogP contribution < -0.4 is 10.2 Å². The number of rotatable bonds is 4. The molecule has 1 amide bonds. The van der Waals surface area contributed by atoms with Crippen LogP contribution in [-0.4, -0.2) is 24.2 Å². The molecule has 1 heterocycles. The summed E-state index contributed by atoms with van der Waals surface area (Å²) in [6.45, 7) is 0.604. The second kappa shape index (κ2) is 5.97. The van der Waals surface area contributed by atoms with Crippen LogP contribution in [0.15, 0.2) is 54.6 Å². The first kappa shape index (κ1) is 13.6. The van der Waals surface area contributed by atoms with E-state index in [-0.39, 0.29) is 18.6 Å². The molecule has 0 radical (unpaired) electrons. The standard InChI is InChI=1S/C17H18N2O2/c20-12-6-11-19-15-10-5-4-9-14(15)18-16(17(19)21)13-7-2-1-3-8-13/h1-5,7-10,16,18,20H,6,11-12H2. The molecule has 0 saturated heterocycles. The number of hydrogen-bond acceptors (Lipinski definition) is 3. The molecular formula is C17H18N2O2. The van der Waals surface area contributed by atoms with Crippen LogP contribution in [0, 0.1) is 0 Å². The minimum absolute atomic E-state index is 0.0216. The molecule has 0 bridgehead atoms. The lowest BCUT2D eigenvalue weighted by Crippen LogP contribution is -2.43. The molecule has 2 aromatic carbocycles. The SMILES string of the molecule is O=C1C(c2ccccc2)Nc2ccccc2N1CCCO. The zero-order chi connectivity index (χ0) is 14.7. The van der Waals surface area contributed by atoms with Crippen LogP contribution >= 0.6 is 0 Å². The highest BCUT2D eigenvalue weighted by Crippen LogP contribution is 2.36. The van der Waals surface area contributed by atoms with Crippen LogP contribution in [0.4, 0.5) is 11.4 Å². The zero-order valence-corrected chi connectivity index (χ0v) is 11.7. The maximum atomic E-state index is 12.8. The van der Waals surface area contributed by atoms with Crippen molar-refractivity contribution < 1.29 is 9.90 Å². The van der Waals surface area contributed by atoms with Gasteiger partial charge in [-0.25, -0.2) is 0 Å². The fraction of sp³-hybridized carbons (Fsp3) is 0.235. The molecule has 3 rings (SSSR count). The van der Waals surface area contributed by atoms with Crippen molar-refractivity contribution in [2.75, 3.05) is 23.4 Å².